The number of unbranched alkanes of at least 4 members (excludes halogenated alkanes) is 1. The van der Waals surface area contributed by atoms with Gasteiger partial charge in [-0.3, -0.25) is 0 Å². The first-order valence-corrected chi connectivity index (χ1v) is 9.45. The van der Waals surface area contributed by atoms with Gasteiger partial charge in [0.1, 0.15) is 0 Å². The van der Waals surface area contributed by atoms with Crippen LogP contribution in [0.25, 0.3) is 0 Å². The summed E-state index contributed by atoms with van der Waals surface area (Å²) < 4.78 is 5.02. The molecule has 0 unspecified atom stereocenters. The lowest BCUT2D eigenvalue weighted by Crippen LogP contribution is -2.17. The highest BCUT2D eigenvalue weighted by atomic mass is 28.3. The maximum absolute atomic E-state index is 5.02. The van der Waals surface area contributed by atoms with E-state index < -0.39 is 8.07 Å². The molecule has 15 heavy (non-hydrogen) atoms. The number of rotatable bonds is 6. The minimum Gasteiger partial charge on any atom is -0.472 e. The van der Waals surface area contributed by atoms with Crippen LogP contribution < -0.4 is 0 Å². The first-order chi connectivity index (χ1) is 7.08. The van der Waals surface area contributed by atoms with Crippen LogP contribution in [-0.4, -0.2) is 8.07 Å². The lowest BCUT2D eigenvalue weighted by molar-refractivity contribution is 0.563. The van der Waals surface area contributed by atoms with E-state index in [1.807, 2.05) is 12.3 Å². The van der Waals surface area contributed by atoms with Crippen molar-refractivity contribution in [1.82, 2.24) is 0 Å². The minimum atomic E-state index is -0.872. The second-order valence-corrected chi connectivity index (χ2v) is 10.8. The van der Waals surface area contributed by atoms with E-state index >= 15 is 0 Å². The number of hydrogen-bond acceptors (Lipinski definition) is 1. The van der Waals surface area contributed by atoms with Gasteiger partial charge in [-0.2, -0.15) is 0 Å². The molecule has 0 atom stereocenters. The zero-order valence-corrected chi connectivity index (χ0v) is 11.1. The molecule has 0 aliphatic carbocycles. The summed E-state index contributed by atoms with van der Waals surface area (Å²) in [4.78, 5) is 0. The Morgan fingerprint density at radius 3 is 2.67 bits per heavy atom. The summed E-state index contributed by atoms with van der Waals surface area (Å²) in [6.45, 7) is 7.22. The number of allylic oxidation sites excluding steroid dienone is 2. The highest BCUT2D eigenvalue weighted by Gasteiger charge is 2.08. The van der Waals surface area contributed by atoms with Gasteiger partial charge in [-0.1, -0.05) is 31.8 Å². The smallest absolute Gasteiger partial charge is 0.0934 e. The van der Waals surface area contributed by atoms with E-state index in [2.05, 4.69) is 31.8 Å². The molecule has 1 aromatic heterocycles. The third-order valence-electron chi connectivity index (χ3n) is 2.31. The summed E-state index contributed by atoms with van der Waals surface area (Å²) >= 11 is 0. The molecule has 84 valence electrons. The van der Waals surface area contributed by atoms with Crippen LogP contribution in [0, 0.1) is 0 Å². The van der Waals surface area contributed by atoms with Gasteiger partial charge in [-0.05, 0) is 36.9 Å². The van der Waals surface area contributed by atoms with Crippen LogP contribution in [0.15, 0.2) is 35.2 Å². The van der Waals surface area contributed by atoms with E-state index in [-0.39, 0.29) is 0 Å². The van der Waals surface area contributed by atoms with Gasteiger partial charge in [0.2, 0.25) is 0 Å². The normalized spacial score (nSPS) is 12.5. The van der Waals surface area contributed by atoms with Crippen LogP contribution in [-0.2, 0) is 6.42 Å². The van der Waals surface area contributed by atoms with Gasteiger partial charge in [0.25, 0.3) is 0 Å². The molecule has 1 heterocycles. The highest BCUT2D eigenvalue weighted by Crippen LogP contribution is 2.10. The van der Waals surface area contributed by atoms with Gasteiger partial charge in [0.15, 0.2) is 0 Å². The summed E-state index contributed by atoms with van der Waals surface area (Å²) in [6.07, 6.45) is 11.8. The van der Waals surface area contributed by atoms with Crippen LogP contribution in [0.5, 0.6) is 0 Å². The molecular formula is C13H22OSi. The predicted molar refractivity (Wildman–Crippen MR) is 68.9 cm³/mol. The second kappa shape index (κ2) is 5.96. The molecule has 0 fully saturated rings. The molecule has 0 N–H and O–H groups in total. The van der Waals surface area contributed by atoms with Crippen molar-refractivity contribution in [3.8, 4) is 0 Å². The Bertz CT molecular complexity index is 280. The zero-order chi connectivity index (χ0) is 11.1. The average Bonchev–Trinajstić information content (AvgIpc) is 2.61. The lowest BCUT2D eigenvalue weighted by Gasteiger charge is -2.11. The molecule has 1 aromatic rings. The topological polar surface area (TPSA) is 13.1 Å². The van der Waals surface area contributed by atoms with E-state index in [4.69, 9.17) is 4.42 Å². The second-order valence-electron chi connectivity index (χ2n) is 5.26. The summed E-state index contributed by atoms with van der Waals surface area (Å²) in [7, 11) is -0.872. The first kappa shape index (κ1) is 12.3. The number of hydrogen-bond donors (Lipinski definition) is 0. The van der Waals surface area contributed by atoms with Crippen LogP contribution in [0.2, 0.25) is 25.7 Å². The van der Waals surface area contributed by atoms with Gasteiger partial charge < -0.3 is 4.42 Å². The van der Waals surface area contributed by atoms with Crippen molar-refractivity contribution in [2.24, 2.45) is 0 Å². The van der Waals surface area contributed by atoms with Crippen molar-refractivity contribution in [2.45, 2.75) is 44.9 Å². The fraction of sp³-hybridized carbons (Fsp3) is 0.538. The Hall–Kier alpha value is -0.763. The standard InChI is InChI=1S/C13H22OSi/c1-15(2,3)11-7-5-4-6-8-13-9-10-14-12-13/h5,7,9-10,12H,4,6,8,11H2,1-3H3/b7-5+. The molecule has 0 aromatic carbocycles. The van der Waals surface area contributed by atoms with Crippen LogP contribution in [0.3, 0.4) is 0 Å². The molecule has 1 rings (SSSR count). The summed E-state index contributed by atoms with van der Waals surface area (Å²) in [6, 6.07) is 3.35. The zero-order valence-electron chi connectivity index (χ0n) is 10.1. The fourth-order valence-electron chi connectivity index (χ4n) is 1.41. The molecule has 0 saturated carbocycles. The molecule has 0 saturated heterocycles. The minimum absolute atomic E-state index is 0.872. The van der Waals surface area contributed by atoms with Gasteiger partial charge in [0.05, 0.1) is 12.5 Å². The van der Waals surface area contributed by atoms with Gasteiger partial charge >= 0.3 is 0 Å². The third kappa shape index (κ3) is 6.34. The first-order valence-electron chi connectivity index (χ1n) is 5.74. The molecule has 0 aliphatic heterocycles. The summed E-state index contributed by atoms with van der Waals surface area (Å²) in [5.41, 5.74) is 1.31. The van der Waals surface area contributed by atoms with Crippen LogP contribution in [0.1, 0.15) is 18.4 Å². The van der Waals surface area contributed by atoms with E-state index in [0.29, 0.717) is 0 Å². The van der Waals surface area contributed by atoms with Crippen molar-refractivity contribution in [1.29, 1.82) is 0 Å². The Kier molecular flexibility index (Phi) is 4.89. The fourth-order valence-corrected chi connectivity index (χ4v) is 2.29. The molecule has 0 spiro atoms. The van der Waals surface area contributed by atoms with Crippen molar-refractivity contribution in [2.75, 3.05) is 0 Å². The van der Waals surface area contributed by atoms with Crippen molar-refractivity contribution >= 4 is 8.07 Å². The van der Waals surface area contributed by atoms with Crippen molar-refractivity contribution < 1.29 is 4.42 Å². The molecule has 1 nitrogen and oxygen atoms in total. The van der Waals surface area contributed by atoms with Crippen molar-refractivity contribution in [3.05, 3.63) is 36.3 Å². The van der Waals surface area contributed by atoms with E-state index in [0.717, 1.165) is 6.42 Å². The quantitative estimate of drug-likeness (QED) is 0.392. The summed E-state index contributed by atoms with van der Waals surface area (Å²) in [5, 5.41) is 0. The van der Waals surface area contributed by atoms with Crippen LogP contribution >= 0.6 is 0 Å². The number of aryl methyl sites for hydroxylation is 1. The summed E-state index contributed by atoms with van der Waals surface area (Å²) in [5.74, 6) is 0. The maximum atomic E-state index is 5.02. The van der Waals surface area contributed by atoms with Crippen molar-refractivity contribution in [3.63, 3.8) is 0 Å². The molecule has 0 bridgehead atoms. The van der Waals surface area contributed by atoms with E-state index in [1.165, 1.54) is 24.4 Å². The van der Waals surface area contributed by atoms with Crippen LogP contribution in [0.4, 0.5) is 0 Å². The Labute approximate surface area is 94.2 Å². The Balaban J connectivity index is 2.07. The monoisotopic (exact) mass is 222 g/mol. The maximum Gasteiger partial charge on any atom is 0.0934 e. The average molecular weight is 222 g/mol. The molecular weight excluding hydrogens is 200 g/mol. The largest absolute Gasteiger partial charge is 0.472 e. The molecule has 2 heteroatoms. The van der Waals surface area contributed by atoms with Gasteiger partial charge in [0, 0.05) is 8.07 Å². The Morgan fingerprint density at radius 1 is 1.27 bits per heavy atom. The van der Waals surface area contributed by atoms with Gasteiger partial charge in [-0.15, -0.1) is 0 Å². The van der Waals surface area contributed by atoms with Gasteiger partial charge in [-0.25, -0.2) is 0 Å². The molecule has 0 aliphatic rings. The SMILES string of the molecule is C[Si](C)(C)C/C=C/CCCc1ccoc1. The Morgan fingerprint density at radius 2 is 2.07 bits per heavy atom. The molecule has 0 radical (unpaired) electrons. The predicted octanol–water partition coefficient (Wildman–Crippen LogP) is 4.50. The highest BCUT2D eigenvalue weighted by molar-refractivity contribution is 6.76. The van der Waals surface area contributed by atoms with E-state index in [9.17, 15) is 0 Å². The number of furan rings is 1. The third-order valence-corrected chi connectivity index (χ3v) is 3.77. The van der Waals surface area contributed by atoms with E-state index in [1.54, 1.807) is 6.26 Å². The molecule has 0 amide bonds. The lowest BCUT2D eigenvalue weighted by atomic mass is 10.1.